The average molecular weight is 458 g/mol. The first-order valence-corrected chi connectivity index (χ1v) is 11.6. The van der Waals surface area contributed by atoms with Crippen molar-refractivity contribution in [2.45, 2.75) is 12.5 Å². The van der Waals surface area contributed by atoms with E-state index in [1.54, 1.807) is 0 Å². The van der Waals surface area contributed by atoms with Crippen molar-refractivity contribution in [3.8, 4) is 11.4 Å². The predicted octanol–water partition coefficient (Wildman–Crippen LogP) is 7.01. The molecule has 1 unspecified atom stereocenters. The van der Waals surface area contributed by atoms with Crippen molar-refractivity contribution in [3.63, 3.8) is 0 Å². The molecule has 35 heavy (non-hydrogen) atoms. The number of ether oxygens (including phenoxy) is 1. The number of hydrogen-bond donors (Lipinski definition) is 1. The molecule has 4 heteroatoms. The SMILES string of the molecule is O=C(O)C(Cc1ccc2ccccc2c1)Oc1ccc(-n2c3ccccc3c3ccccc32)cc1. The van der Waals surface area contributed by atoms with Gasteiger partial charge in [0.25, 0.3) is 0 Å². The molecule has 0 radical (unpaired) electrons. The molecule has 0 bridgehead atoms. The van der Waals surface area contributed by atoms with Crippen LogP contribution in [0.25, 0.3) is 38.3 Å². The smallest absolute Gasteiger partial charge is 0.345 e. The Morgan fingerprint density at radius 2 is 1.31 bits per heavy atom. The van der Waals surface area contributed by atoms with E-state index >= 15 is 0 Å². The largest absolute Gasteiger partial charge is 0.478 e. The predicted molar refractivity (Wildman–Crippen MR) is 140 cm³/mol. The Hall–Kier alpha value is -4.57. The van der Waals surface area contributed by atoms with Gasteiger partial charge in [-0.3, -0.25) is 0 Å². The highest BCUT2D eigenvalue weighted by Crippen LogP contribution is 2.32. The normalized spacial score (nSPS) is 12.2. The molecule has 1 atom stereocenters. The molecule has 6 rings (SSSR count). The third kappa shape index (κ3) is 3.89. The molecule has 0 aliphatic rings. The number of carboxylic acid groups (broad SMARTS) is 1. The number of aliphatic carboxylic acids is 1. The van der Waals surface area contributed by atoms with Crippen molar-refractivity contribution in [1.82, 2.24) is 4.57 Å². The van der Waals surface area contributed by atoms with Crippen LogP contribution < -0.4 is 4.74 Å². The summed E-state index contributed by atoms with van der Waals surface area (Å²) in [6, 6.07) is 38.4. The standard InChI is InChI=1S/C31H23NO3/c33-31(34)30(20-21-13-14-22-7-1-2-8-23(22)19-21)35-25-17-15-24(16-18-25)32-28-11-5-3-9-26(28)27-10-4-6-12-29(27)32/h1-19,30H,20H2,(H,33,34). The number of benzene rings is 5. The van der Waals surface area contributed by atoms with Gasteiger partial charge in [-0.2, -0.15) is 0 Å². The second kappa shape index (κ2) is 8.65. The highest BCUT2D eigenvalue weighted by molar-refractivity contribution is 6.09. The number of hydrogen-bond acceptors (Lipinski definition) is 2. The zero-order valence-corrected chi connectivity index (χ0v) is 19.0. The fourth-order valence-corrected chi connectivity index (χ4v) is 4.80. The summed E-state index contributed by atoms with van der Waals surface area (Å²) in [7, 11) is 0. The van der Waals surface area contributed by atoms with E-state index in [-0.39, 0.29) is 6.42 Å². The monoisotopic (exact) mass is 457 g/mol. The summed E-state index contributed by atoms with van der Waals surface area (Å²) in [6.45, 7) is 0. The Balaban J connectivity index is 1.29. The summed E-state index contributed by atoms with van der Waals surface area (Å²) in [4.78, 5) is 12.0. The van der Waals surface area contributed by atoms with Gasteiger partial charge in [0.1, 0.15) is 5.75 Å². The Morgan fingerprint density at radius 3 is 1.97 bits per heavy atom. The quantitative estimate of drug-likeness (QED) is 0.293. The van der Waals surface area contributed by atoms with Gasteiger partial charge < -0.3 is 14.4 Å². The van der Waals surface area contributed by atoms with Crippen LogP contribution in [0.1, 0.15) is 5.56 Å². The first-order chi connectivity index (χ1) is 17.2. The van der Waals surface area contributed by atoms with Crippen molar-refractivity contribution in [2.75, 3.05) is 0 Å². The van der Waals surface area contributed by atoms with E-state index in [2.05, 4.69) is 41.0 Å². The molecule has 0 saturated carbocycles. The molecule has 5 aromatic carbocycles. The molecule has 1 heterocycles. The van der Waals surface area contributed by atoms with Gasteiger partial charge in [-0.1, -0.05) is 78.9 Å². The highest BCUT2D eigenvalue weighted by Gasteiger charge is 2.20. The topological polar surface area (TPSA) is 51.5 Å². The fraction of sp³-hybridized carbons (Fsp3) is 0.0645. The molecule has 0 amide bonds. The lowest BCUT2D eigenvalue weighted by Crippen LogP contribution is -2.29. The van der Waals surface area contributed by atoms with E-state index in [0.717, 1.165) is 33.1 Å². The Labute approximate surface area is 202 Å². The molecule has 4 nitrogen and oxygen atoms in total. The molecule has 0 saturated heterocycles. The summed E-state index contributed by atoms with van der Waals surface area (Å²) in [5.74, 6) is -0.452. The number of nitrogens with zero attached hydrogens (tertiary/aromatic N) is 1. The minimum Gasteiger partial charge on any atom is -0.478 e. The Bertz CT molecular complexity index is 1630. The molecule has 0 spiro atoms. The van der Waals surface area contributed by atoms with Crippen molar-refractivity contribution < 1.29 is 14.6 Å². The maximum Gasteiger partial charge on any atom is 0.345 e. The van der Waals surface area contributed by atoms with Gasteiger partial charge in [-0.15, -0.1) is 0 Å². The van der Waals surface area contributed by atoms with Crippen LogP contribution >= 0.6 is 0 Å². The second-order valence-electron chi connectivity index (χ2n) is 8.69. The van der Waals surface area contributed by atoms with E-state index in [4.69, 9.17) is 4.74 Å². The summed E-state index contributed by atoms with van der Waals surface area (Å²) in [5.41, 5.74) is 4.18. The summed E-state index contributed by atoms with van der Waals surface area (Å²) in [5, 5.41) is 14.4. The minimum atomic E-state index is -0.982. The molecule has 0 aliphatic carbocycles. The number of carbonyl (C=O) groups is 1. The van der Waals surface area contributed by atoms with Gasteiger partial charge in [0, 0.05) is 22.9 Å². The van der Waals surface area contributed by atoms with Crippen LogP contribution in [0.3, 0.4) is 0 Å². The van der Waals surface area contributed by atoms with E-state index in [0.29, 0.717) is 5.75 Å². The Morgan fingerprint density at radius 1 is 0.714 bits per heavy atom. The summed E-state index contributed by atoms with van der Waals surface area (Å²) >= 11 is 0. The van der Waals surface area contributed by atoms with Crippen LogP contribution in [0.5, 0.6) is 5.75 Å². The van der Waals surface area contributed by atoms with Crippen molar-refractivity contribution in [1.29, 1.82) is 0 Å². The first kappa shape index (κ1) is 21.0. The maximum atomic E-state index is 12.0. The van der Waals surface area contributed by atoms with Crippen LogP contribution in [-0.4, -0.2) is 21.7 Å². The zero-order valence-electron chi connectivity index (χ0n) is 19.0. The van der Waals surface area contributed by atoms with E-state index in [1.165, 1.54) is 10.8 Å². The summed E-state index contributed by atoms with van der Waals surface area (Å²) in [6.07, 6.45) is -0.690. The van der Waals surface area contributed by atoms with Crippen LogP contribution in [0.15, 0.2) is 115 Å². The van der Waals surface area contributed by atoms with Crippen molar-refractivity contribution in [2.24, 2.45) is 0 Å². The number of para-hydroxylation sites is 2. The lowest BCUT2D eigenvalue weighted by Gasteiger charge is -2.16. The van der Waals surface area contributed by atoms with Crippen molar-refractivity contribution >= 4 is 38.5 Å². The van der Waals surface area contributed by atoms with Gasteiger partial charge in [-0.25, -0.2) is 4.79 Å². The third-order valence-electron chi connectivity index (χ3n) is 6.46. The molecule has 6 aromatic rings. The highest BCUT2D eigenvalue weighted by atomic mass is 16.5. The minimum absolute atomic E-state index is 0.287. The molecular formula is C31H23NO3. The maximum absolute atomic E-state index is 12.0. The number of fused-ring (bicyclic) bond motifs is 4. The lowest BCUT2D eigenvalue weighted by atomic mass is 10.0. The van der Waals surface area contributed by atoms with Crippen LogP contribution in [0.2, 0.25) is 0 Å². The third-order valence-corrected chi connectivity index (χ3v) is 6.46. The van der Waals surface area contributed by atoms with Crippen LogP contribution in [0, 0.1) is 0 Å². The molecule has 1 N–H and O–H groups in total. The Kier molecular flexibility index (Phi) is 5.19. The van der Waals surface area contributed by atoms with Gasteiger partial charge in [0.05, 0.1) is 11.0 Å². The van der Waals surface area contributed by atoms with Gasteiger partial charge in [0.15, 0.2) is 6.10 Å². The van der Waals surface area contributed by atoms with Crippen molar-refractivity contribution in [3.05, 3.63) is 121 Å². The second-order valence-corrected chi connectivity index (χ2v) is 8.69. The van der Waals surface area contributed by atoms with Crippen LogP contribution in [0.4, 0.5) is 0 Å². The van der Waals surface area contributed by atoms with Gasteiger partial charge in [-0.05, 0) is 52.7 Å². The fourth-order valence-electron chi connectivity index (χ4n) is 4.80. The van der Waals surface area contributed by atoms with E-state index in [9.17, 15) is 9.90 Å². The molecule has 170 valence electrons. The number of carboxylic acids is 1. The van der Waals surface area contributed by atoms with Gasteiger partial charge in [0.2, 0.25) is 0 Å². The molecule has 0 aliphatic heterocycles. The first-order valence-electron chi connectivity index (χ1n) is 11.6. The van der Waals surface area contributed by atoms with E-state index < -0.39 is 12.1 Å². The number of aromatic nitrogens is 1. The summed E-state index contributed by atoms with van der Waals surface area (Å²) < 4.78 is 8.15. The molecular weight excluding hydrogens is 434 g/mol. The van der Waals surface area contributed by atoms with Gasteiger partial charge >= 0.3 is 5.97 Å². The average Bonchev–Trinajstić information content (AvgIpc) is 3.23. The number of rotatable bonds is 6. The van der Waals surface area contributed by atoms with Crippen LogP contribution in [-0.2, 0) is 11.2 Å². The van der Waals surface area contributed by atoms with E-state index in [1.807, 2.05) is 78.9 Å². The molecule has 1 aromatic heterocycles. The lowest BCUT2D eigenvalue weighted by molar-refractivity contribution is -0.145. The zero-order chi connectivity index (χ0) is 23.8. The molecule has 0 fully saturated rings.